The van der Waals surface area contributed by atoms with Gasteiger partial charge in [-0.15, -0.1) is 10.2 Å². The summed E-state index contributed by atoms with van der Waals surface area (Å²) in [7, 11) is 0. The Kier molecular flexibility index (Phi) is 4.80. The van der Waals surface area contributed by atoms with Gasteiger partial charge in [0.05, 0.1) is 13.1 Å². The number of carbonyl (C=O) groups is 3. The van der Waals surface area contributed by atoms with E-state index in [-0.39, 0.29) is 18.2 Å². The molecule has 3 aliphatic rings. The largest absolute Gasteiger partial charge is 0.322 e. The molecule has 0 spiro atoms. The molecule has 10 nitrogen and oxygen atoms in total. The second kappa shape index (κ2) is 7.62. The molecule has 1 fully saturated rings. The second-order valence-electron chi connectivity index (χ2n) is 7.81. The first-order valence-corrected chi connectivity index (χ1v) is 10.2. The first-order valence-electron chi connectivity index (χ1n) is 10.2. The Morgan fingerprint density at radius 1 is 1.17 bits per heavy atom. The Hall–Kier alpha value is -3.11. The van der Waals surface area contributed by atoms with Crippen LogP contribution in [0.15, 0.2) is 18.2 Å². The molecule has 5 rings (SSSR count). The molecule has 1 unspecified atom stereocenters. The minimum atomic E-state index is -0.598. The van der Waals surface area contributed by atoms with Crippen LogP contribution >= 0.6 is 0 Å². The number of amides is 3. The van der Waals surface area contributed by atoms with E-state index >= 15 is 0 Å². The van der Waals surface area contributed by atoms with Crippen molar-refractivity contribution in [3.05, 3.63) is 46.5 Å². The van der Waals surface area contributed by atoms with Gasteiger partial charge < -0.3 is 20.1 Å². The lowest BCUT2D eigenvalue weighted by Crippen LogP contribution is -2.52. The van der Waals surface area contributed by atoms with Gasteiger partial charge in [0.15, 0.2) is 0 Å². The summed E-state index contributed by atoms with van der Waals surface area (Å²) in [6, 6.07) is 5.07. The number of benzene rings is 1. The molecule has 156 valence electrons. The first-order chi connectivity index (χ1) is 14.6. The minimum absolute atomic E-state index is 0.152. The Morgan fingerprint density at radius 3 is 2.93 bits per heavy atom. The highest BCUT2D eigenvalue weighted by molar-refractivity contribution is 6.05. The van der Waals surface area contributed by atoms with E-state index in [4.69, 9.17) is 0 Å². The number of nitrogens with zero attached hydrogens (tertiary/aromatic N) is 4. The monoisotopic (exact) mass is 409 g/mol. The van der Waals surface area contributed by atoms with E-state index < -0.39 is 11.9 Å². The van der Waals surface area contributed by atoms with Crippen molar-refractivity contribution in [3.63, 3.8) is 0 Å². The molecule has 4 heterocycles. The zero-order valence-electron chi connectivity index (χ0n) is 16.5. The van der Waals surface area contributed by atoms with Crippen molar-refractivity contribution in [1.82, 2.24) is 35.6 Å². The molecule has 0 aliphatic carbocycles. The third-order valence-corrected chi connectivity index (χ3v) is 5.98. The van der Waals surface area contributed by atoms with Crippen LogP contribution in [-0.2, 0) is 42.3 Å². The predicted molar refractivity (Wildman–Crippen MR) is 105 cm³/mol. The van der Waals surface area contributed by atoms with E-state index in [1.165, 1.54) is 0 Å². The summed E-state index contributed by atoms with van der Waals surface area (Å²) in [5.74, 6) is 1.03. The lowest BCUT2D eigenvalue weighted by molar-refractivity contribution is -0.136. The summed E-state index contributed by atoms with van der Waals surface area (Å²) in [5.41, 5.74) is 2.59. The highest BCUT2D eigenvalue weighted by Gasteiger charge is 2.39. The van der Waals surface area contributed by atoms with E-state index in [0.717, 1.165) is 42.4 Å². The average molecular weight is 409 g/mol. The minimum Gasteiger partial charge on any atom is -0.322 e. The summed E-state index contributed by atoms with van der Waals surface area (Å²) >= 11 is 0. The fourth-order valence-corrected chi connectivity index (χ4v) is 4.41. The number of aromatic nitrogens is 3. The summed E-state index contributed by atoms with van der Waals surface area (Å²) in [5, 5.41) is 17.5. The van der Waals surface area contributed by atoms with E-state index in [0.29, 0.717) is 31.6 Å². The third-order valence-electron chi connectivity index (χ3n) is 5.98. The quantitative estimate of drug-likeness (QED) is 0.566. The van der Waals surface area contributed by atoms with Gasteiger partial charge in [0, 0.05) is 38.2 Å². The van der Waals surface area contributed by atoms with Crippen molar-refractivity contribution in [2.45, 2.75) is 51.6 Å². The van der Waals surface area contributed by atoms with Gasteiger partial charge in [-0.3, -0.25) is 19.7 Å². The van der Waals surface area contributed by atoms with Crippen molar-refractivity contribution in [3.8, 4) is 0 Å². The van der Waals surface area contributed by atoms with Gasteiger partial charge in [0.2, 0.25) is 11.8 Å². The Bertz CT molecular complexity index is 1030. The lowest BCUT2D eigenvalue weighted by Gasteiger charge is -2.29. The molecular weight excluding hydrogens is 386 g/mol. The van der Waals surface area contributed by atoms with Crippen LogP contribution in [0.2, 0.25) is 0 Å². The molecule has 2 aromatic rings. The Balaban J connectivity index is 1.28. The highest BCUT2D eigenvalue weighted by Crippen LogP contribution is 2.29. The number of imide groups is 1. The number of hydrogen-bond donors (Lipinski definition) is 3. The van der Waals surface area contributed by atoms with Gasteiger partial charge in [-0.25, -0.2) is 0 Å². The van der Waals surface area contributed by atoms with Gasteiger partial charge in [0.25, 0.3) is 5.91 Å². The molecule has 0 saturated carbocycles. The van der Waals surface area contributed by atoms with Crippen LogP contribution in [-0.4, -0.2) is 50.0 Å². The number of rotatable bonds is 5. The Labute approximate surface area is 173 Å². The lowest BCUT2D eigenvalue weighted by atomic mass is 10.0. The van der Waals surface area contributed by atoms with Crippen LogP contribution in [0, 0.1) is 0 Å². The number of carbonyl (C=O) groups excluding carboxylic acids is 3. The fourth-order valence-electron chi connectivity index (χ4n) is 4.41. The standard InChI is InChI=1S/C20H23N7O3/c28-18-5-4-15(19(29)23-18)27-11-14-12(2-1-3-13(14)20(27)30)8-22-10-17-25-24-16-9-21-6-7-26(16)17/h1-3,15,21-22H,4-11H2,(H,23,28,29). The van der Waals surface area contributed by atoms with Crippen molar-refractivity contribution in [1.29, 1.82) is 0 Å². The van der Waals surface area contributed by atoms with Gasteiger partial charge in [-0.1, -0.05) is 12.1 Å². The van der Waals surface area contributed by atoms with Crippen LogP contribution in [0.4, 0.5) is 0 Å². The van der Waals surface area contributed by atoms with Crippen LogP contribution < -0.4 is 16.0 Å². The average Bonchev–Trinajstić information content (AvgIpc) is 3.30. The highest BCUT2D eigenvalue weighted by atomic mass is 16.2. The second-order valence-corrected chi connectivity index (χ2v) is 7.81. The van der Waals surface area contributed by atoms with Gasteiger partial charge in [-0.2, -0.15) is 0 Å². The summed E-state index contributed by atoms with van der Waals surface area (Å²) in [6.45, 7) is 4.04. The normalized spacial score (nSPS) is 20.9. The molecular formula is C20H23N7O3. The number of piperidine rings is 1. The molecule has 1 aromatic heterocycles. The molecule has 3 N–H and O–H groups in total. The van der Waals surface area contributed by atoms with Crippen LogP contribution in [0.3, 0.4) is 0 Å². The molecule has 0 radical (unpaired) electrons. The first kappa shape index (κ1) is 18.9. The maximum absolute atomic E-state index is 12.9. The van der Waals surface area contributed by atoms with Crippen LogP contribution in [0.25, 0.3) is 0 Å². The van der Waals surface area contributed by atoms with Crippen molar-refractivity contribution in [2.75, 3.05) is 6.54 Å². The van der Waals surface area contributed by atoms with Crippen molar-refractivity contribution >= 4 is 17.7 Å². The van der Waals surface area contributed by atoms with Crippen molar-refractivity contribution < 1.29 is 14.4 Å². The van der Waals surface area contributed by atoms with E-state index in [1.54, 1.807) is 11.0 Å². The maximum Gasteiger partial charge on any atom is 0.255 e. The zero-order valence-corrected chi connectivity index (χ0v) is 16.5. The zero-order chi connectivity index (χ0) is 20.7. The molecule has 3 aliphatic heterocycles. The van der Waals surface area contributed by atoms with Gasteiger partial charge in [-0.05, 0) is 23.6 Å². The molecule has 30 heavy (non-hydrogen) atoms. The van der Waals surface area contributed by atoms with Crippen LogP contribution in [0.5, 0.6) is 0 Å². The van der Waals surface area contributed by atoms with Gasteiger partial charge in [0.1, 0.15) is 17.7 Å². The maximum atomic E-state index is 12.9. The fraction of sp³-hybridized carbons (Fsp3) is 0.450. The van der Waals surface area contributed by atoms with Crippen LogP contribution in [0.1, 0.15) is 46.0 Å². The molecule has 1 atom stereocenters. The molecule has 3 amide bonds. The molecule has 1 aromatic carbocycles. The summed E-state index contributed by atoms with van der Waals surface area (Å²) in [4.78, 5) is 38.2. The van der Waals surface area contributed by atoms with E-state index in [1.807, 2.05) is 12.1 Å². The summed E-state index contributed by atoms with van der Waals surface area (Å²) < 4.78 is 2.13. The molecule has 10 heteroatoms. The predicted octanol–water partition coefficient (Wildman–Crippen LogP) is -0.568. The topological polar surface area (TPSA) is 121 Å². The third kappa shape index (κ3) is 3.27. The van der Waals surface area contributed by atoms with Gasteiger partial charge >= 0.3 is 0 Å². The molecule has 1 saturated heterocycles. The smallest absolute Gasteiger partial charge is 0.255 e. The Morgan fingerprint density at radius 2 is 2.07 bits per heavy atom. The van der Waals surface area contributed by atoms with E-state index in [9.17, 15) is 14.4 Å². The van der Waals surface area contributed by atoms with Crippen molar-refractivity contribution in [2.24, 2.45) is 0 Å². The number of hydrogen-bond acceptors (Lipinski definition) is 7. The number of fused-ring (bicyclic) bond motifs is 2. The SMILES string of the molecule is O=C1CCC(N2Cc3c(CNCc4nnc5n4CCNC5)cccc3C2=O)C(=O)N1. The summed E-state index contributed by atoms with van der Waals surface area (Å²) in [6.07, 6.45) is 0.619. The number of nitrogens with one attached hydrogen (secondary N) is 3. The molecule has 0 bridgehead atoms. The van der Waals surface area contributed by atoms with E-state index in [2.05, 4.69) is 30.7 Å².